The van der Waals surface area contributed by atoms with Gasteiger partial charge in [-0.1, -0.05) is 6.07 Å². The summed E-state index contributed by atoms with van der Waals surface area (Å²) in [5.74, 6) is -0.176. The minimum absolute atomic E-state index is 0.176. The number of carbonyl (C=O) groups excluding carboxylic acids is 1. The molecule has 0 atom stereocenters. The first-order valence-electron chi connectivity index (χ1n) is 8.03. The second kappa shape index (κ2) is 6.74. The van der Waals surface area contributed by atoms with Gasteiger partial charge < -0.3 is 10.6 Å². The van der Waals surface area contributed by atoms with E-state index in [1.54, 1.807) is 0 Å². The molecule has 0 radical (unpaired) electrons. The molecule has 0 saturated carbocycles. The number of hydrogen-bond donors (Lipinski definition) is 2. The third kappa shape index (κ3) is 4.10. The van der Waals surface area contributed by atoms with E-state index in [0.29, 0.717) is 17.7 Å². The molecule has 132 valence electrons. The first-order valence-corrected chi connectivity index (χ1v) is 8.03. The smallest absolute Gasteiger partial charge is 0.384 e. The second-order valence-electron chi connectivity index (χ2n) is 6.04. The molecular formula is C18H18F3N3O. The van der Waals surface area contributed by atoms with Crippen LogP contribution in [0.2, 0.25) is 0 Å². The molecule has 1 aromatic carbocycles. The molecule has 7 heteroatoms. The Hall–Kier alpha value is -2.57. The van der Waals surface area contributed by atoms with Crippen molar-refractivity contribution in [3.8, 4) is 0 Å². The molecule has 2 heterocycles. The number of rotatable bonds is 4. The standard InChI is InChI=1S/C18H18F3N3O/c1-11-12(2-6-16(23-11)18(19,20)21)3-7-17(25)24-14-4-5-15-13(10-14)8-9-22-15/h2,4-6,10,22H,3,7-9H2,1H3,(H,24,25). The summed E-state index contributed by atoms with van der Waals surface area (Å²) in [6.07, 6.45) is -3.00. The van der Waals surface area contributed by atoms with Gasteiger partial charge in [0, 0.05) is 30.0 Å². The van der Waals surface area contributed by atoms with Crippen LogP contribution in [0, 0.1) is 6.92 Å². The van der Waals surface area contributed by atoms with Crippen LogP contribution in [0.25, 0.3) is 0 Å². The Labute approximate surface area is 143 Å². The van der Waals surface area contributed by atoms with Crippen molar-refractivity contribution in [2.45, 2.75) is 32.4 Å². The van der Waals surface area contributed by atoms with E-state index in [4.69, 9.17) is 0 Å². The van der Waals surface area contributed by atoms with E-state index in [0.717, 1.165) is 30.4 Å². The maximum atomic E-state index is 12.6. The van der Waals surface area contributed by atoms with Crippen LogP contribution in [0.3, 0.4) is 0 Å². The number of anilines is 2. The Kier molecular flexibility index (Phi) is 4.65. The first kappa shape index (κ1) is 17.3. The summed E-state index contributed by atoms with van der Waals surface area (Å²) in [6.45, 7) is 2.42. The van der Waals surface area contributed by atoms with Gasteiger partial charge in [-0.25, -0.2) is 4.98 Å². The fourth-order valence-electron chi connectivity index (χ4n) is 2.87. The van der Waals surface area contributed by atoms with Crippen LogP contribution in [0.5, 0.6) is 0 Å². The molecule has 1 amide bonds. The van der Waals surface area contributed by atoms with Crippen molar-refractivity contribution < 1.29 is 18.0 Å². The molecule has 0 saturated heterocycles. The monoisotopic (exact) mass is 349 g/mol. The van der Waals surface area contributed by atoms with Gasteiger partial charge in [0.2, 0.25) is 5.91 Å². The Morgan fingerprint density at radius 3 is 2.80 bits per heavy atom. The van der Waals surface area contributed by atoms with E-state index in [1.165, 1.54) is 18.6 Å². The van der Waals surface area contributed by atoms with E-state index in [2.05, 4.69) is 15.6 Å². The van der Waals surface area contributed by atoms with Gasteiger partial charge in [0.05, 0.1) is 0 Å². The van der Waals surface area contributed by atoms with Crippen molar-refractivity contribution >= 4 is 17.3 Å². The lowest BCUT2D eigenvalue weighted by atomic mass is 10.1. The SMILES string of the molecule is Cc1nc(C(F)(F)F)ccc1CCC(=O)Nc1ccc2c(c1)CCN2. The molecule has 4 nitrogen and oxygen atoms in total. The summed E-state index contributed by atoms with van der Waals surface area (Å²) >= 11 is 0. The van der Waals surface area contributed by atoms with Gasteiger partial charge >= 0.3 is 6.18 Å². The fourth-order valence-corrected chi connectivity index (χ4v) is 2.87. The summed E-state index contributed by atoms with van der Waals surface area (Å²) in [5, 5.41) is 6.08. The van der Waals surface area contributed by atoms with Gasteiger partial charge in [0.15, 0.2) is 0 Å². The summed E-state index contributed by atoms with van der Waals surface area (Å²) in [7, 11) is 0. The van der Waals surface area contributed by atoms with E-state index in [1.807, 2.05) is 18.2 Å². The Bertz CT molecular complexity index is 803. The van der Waals surface area contributed by atoms with Crippen LogP contribution in [-0.2, 0) is 23.8 Å². The van der Waals surface area contributed by atoms with Crippen molar-refractivity contribution in [3.05, 3.63) is 52.8 Å². The van der Waals surface area contributed by atoms with Crippen molar-refractivity contribution in [1.82, 2.24) is 4.98 Å². The van der Waals surface area contributed by atoms with Crippen LogP contribution in [-0.4, -0.2) is 17.4 Å². The molecule has 2 N–H and O–H groups in total. The Morgan fingerprint density at radius 1 is 1.28 bits per heavy atom. The quantitative estimate of drug-likeness (QED) is 0.879. The largest absolute Gasteiger partial charge is 0.433 e. The fraction of sp³-hybridized carbons (Fsp3) is 0.333. The maximum Gasteiger partial charge on any atom is 0.433 e. The lowest BCUT2D eigenvalue weighted by Crippen LogP contribution is -2.14. The van der Waals surface area contributed by atoms with Gasteiger partial charge in [-0.05, 0) is 55.2 Å². The lowest BCUT2D eigenvalue weighted by Gasteiger charge is -2.10. The molecule has 25 heavy (non-hydrogen) atoms. The van der Waals surface area contributed by atoms with Gasteiger partial charge in [0.25, 0.3) is 0 Å². The Balaban J connectivity index is 1.59. The molecule has 2 aromatic rings. The normalized spacial score (nSPS) is 13.3. The number of hydrogen-bond acceptors (Lipinski definition) is 3. The second-order valence-corrected chi connectivity index (χ2v) is 6.04. The van der Waals surface area contributed by atoms with Crippen molar-refractivity contribution in [1.29, 1.82) is 0 Å². The predicted octanol–water partition coefficient (Wildman–Crippen LogP) is 3.95. The van der Waals surface area contributed by atoms with Crippen molar-refractivity contribution in [3.63, 3.8) is 0 Å². The number of alkyl halides is 3. The average Bonchev–Trinajstić information content (AvgIpc) is 3.00. The highest BCUT2D eigenvalue weighted by Gasteiger charge is 2.32. The number of nitrogens with zero attached hydrogens (tertiary/aromatic N) is 1. The van der Waals surface area contributed by atoms with Crippen LogP contribution in [0.1, 0.15) is 28.9 Å². The number of pyridine rings is 1. The molecule has 1 aromatic heterocycles. The van der Waals surface area contributed by atoms with E-state index < -0.39 is 11.9 Å². The average molecular weight is 349 g/mol. The van der Waals surface area contributed by atoms with E-state index in [9.17, 15) is 18.0 Å². The molecular weight excluding hydrogens is 331 g/mol. The maximum absolute atomic E-state index is 12.6. The Morgan fingerprint density at radius 2 is 2.08 bits per heavy atom. The zero-order valence-corrected chi connectivity index (χ0v) is 13.7. The lowest BCUT2D eigenvalue weighted by molar-refractivity contribution is -0.141. The van der Waals surface area contributed by atoms with Crippen LogP contribution in [0.15, 0.2) is 30.3 Å². The van der Waals surface area contributed by atoms with Gasteiger partial charge in [-0.3, -0.25) is 4.79 Å². The van der Waals surface area contributed by atoms with E-state index >= 15 is 0 Å². The van der Waals surface area contributed by atoms with Crippen LogP contribution < -0.4 is 10.6 Å². The number of aryl methyl sites for hydroxylation is 2. The zero-order chi connectivity index (χ0) is 18.0. The molecule has 0 unspecified atom stereocenters. The highest BCUT2D eigenvalue weighted by atomic mass is 19.4. The predicted molar refractivity (Wildman–Crippen MR) is 89.6 cm³/mol. The third-order valence-corrected chi connectivity index (χ3v) is 4.21. The number of aromatic nitrogens is 1. The van der Waals surface area contributed by atoms with Gasteiger partial charge in [-0.15, -0.1) is 0 Å². The minimum Gasteiger partial charge on any atom is -0.384 e. The number of fused-ring (bicyclic) bond motifs is 1. The first-order chi connectivity index (χ1) is 11.8. The number of halogens is 3. The van der Waals surface area contributed by atoms with Gasteiger partial charge in [-0.2, -0.15) is 13.2 Å². The summed E-state index contributed by atoms with van der Waals surface area (Å²) in [6, 6.07) is 8.05. The summed E-state index contributed by atoms with van der Waals surface area (Å²) in [5.41, 5.74) is 3.01. The minimum atomic E-state index is -4.46. The topological polar surface area (TPSA) is 54.0 Å². The number of carbonyl (C=O) groups is 1. The number of nitrogens with one attached hydrogen (secondary N) is 2. The van der Waals surface area contributed by atoms with Crippen LogP contribution >= 0.6 is 0 Å². The molecule has 0 spiro atoms. The number of benzene rings is 1. The molecule has 1 aliphatic rings. The number of amides is 1. The summed E-state index contributed by atoms with van der Waals surface area (Å²) < 4.78 is 37.9. The zero-order valence-electron chi connectivity index (χ0n) is 13.7. The van der Waals surface area contributed by atoms with Gasteiger partial charge in [0.1, 0.15) is 5.69 Å². The molecule has 0 aliphatic carbocycles. The van der Waals surface area contributed by atoms with Crippen molar-refractivity contribution in [2.24, 2.45) is 0 Å². The van der Waals surface area contributed by atoms with Crippen LogP contribution in [0.4, 0.5) is 24.5 Å². The molecule has 0 bridgehead atoms. The summed E-state index contributed by atoms with van der Waals surface area (Å²) in [4.78, 5) is 15.7. The molecule has 1 aliphatic heterocycles. The third-order valence-electron chi connectivity index (χ3n) is 4.21. The van der Waals surface area contributed by atoms with Crippen molar-refractivity contribution in [2.75, 3.05) is 17.2 Å². The highest BCUT2D eigenvalue weighted by Crippen LogP contribution is 2.28. The highest BCUT2D eigenvalue weighted by molar-refractivity contribution is 5.91. The van der Waals surface area contributed by atoms with E-state index in [-0.39, 0.29) is 12.3 Å². The molecule has 3 rings (SSSR count). The molecule has 0 fully saturated rings.